The number of carbonyl (C=O) groups excluding carboxylic acids is 3. The molecule has 23 heavy (non-hydrogen) atoms. The highest BCUT2D eigenvalue weighted by atomic mass is 35.5. The Hall–Kier alpha value is -2.46. The Morgan fingerprint density at radius 3 is 2.26 bits per heavy atom. The molecule has 118 valence electrons. The molecule has 0 bridgehead atoms. The standard InChI is InChI=1S/C18H16ClNO3/c1-11-3-5-13(6-4-11)18(23)15-8-7-14(10-16(15)19)20-17(22)9-12(2)21/h3-8,10H,9H2,1-2H3,(H,20,22). The fourth-order valence-electron chi connectivity index (χ4n) is 2.07. The molecular formula is C18H16ClNO3. The van der Waals surface area contributed by atoms with E-state index in [0.29, 0.717) is 16.8 Å². The number of halogens is 1. The predicted molar refractivity (Wildman–Crippen MR) is 90.0 cm³/mol. The summed E-state index contributed by atoms with van der Waals surface area (Å²) in [6, 6.07) is 11.9. The largest absolute Gasteiger partial charge is 0.326 e. The third kappa shape index (κ3) is 4.50. The maximum absolute atomic E-state index is 12.4. The van der Waals surface area contributed by atoms with E-state index >= 15 is 0 Å². The van der Waals surface area contributed by atoms with Crippen LogP contribution < -0.4 is 5.32 Å². The number of benzene rings is 2. The molecule has 0 aliphatic rings. The molecule has 2 rings (SSSR count). The maximum atomic E-state index is 12.4. The maximum Gasteiger partial charge on any atom is 0.231 e. The van der Waals surface area contributed by atoms with E-state index in [1.165, 1.54) is 13.0 Å². The summed E-state index contributed by atoms with van der Waals surface area (Å²) in [5, 5.41) is 2.82. The molecule has 0 saturated heterocycles. The number of carbonyl (C=O) groups is 3. The zero-order valence-electron chi connectivity index (χ0n) is 12.9. The lowest BCUT2D eigenvalue weighted by molar-refractivity contribution is -0.124. The van der Waals surface area contributed by atoms with Crippen molar-refractivity contribution in [3.05, 3.63) is 64.2 Å². The van der Waals surface area contributed by atoms with Gasteiger partial charge < -0.3 is 5.32 Å². The minimum absolute atomic E-state index is 0.184. The molecule has 1 N–H and O–H groups in total. The fraction of sp³-hybridized carbons (Fsp3) is 0.167. The number of aryl methyl sites for hydroxylation is 1. The molecule has 0 aliphatic heterocycles. The van der Waals surface area contributed by atoms with Crippen molar-refractivity contribution in [3.63, 3.8) is 0 Å². The van der Waals surface area contributed by atoms with Gasteiger partial charge in [-0.1, -0.05) is 41.4 Å². The Bertz CT molecular complexity index is 766. The summed E-state index contributed by atoms with van der Waals surface area (Å²) in [5.74, 6) is -0.817. The number of ketones is 2. The molecule has 0 saturated carbocycles. The summed E-state index contributed by atoms with van der Waals surface area (Å²) in [6.07, 6.45) is -0.193. The van der Waals surface area contributed by atoms with E-state index in [1.807, 2.05) is 19.1 Å². The van der Waals surface area contributed by atoms with Crippen LogP contribution in [0.1, 0.15) is 34.8 Å². The smallest absolute Gasteiger partial charge is 0.231 e. The van der Waals surface area contributed by atoms with E-state index in [2.05, 4.69) is 5.32 Å². The minimum atomic E-state index is -0.411. The monoisotopic (exact) mass is 329 g/mol. The second-order valence-electron chi connectivity index (χ2n) is 5.32. The van der Waals surface area contributed by atoms with Crippen molar-refractivity contribution < 1.29 is 14.4 Å². The first kappa shape index (κ1) is 16.9. The Labute approximate surface area is 139 Å². The molecule has 0 heterocycles. The lowest BCUT2D eigenvalue weighted by Crippen LogP contribution is -2.15. The number of amides is 1. The summed E-state index contributed by atoms with van der Waals surface area (Å²) in [4.78, 5) is 34.9. The number of Topliss-reactive ketones (excluding diaryl/α,β-unsaturated/α-hetero) is 1. The second kappa shape index (κ2) is 7.20. The van der Waals surface area contributed by atoms with Gasteiger partial charge in [0.15, 0.2) is 5.78 Å². The molecule has 0 atom stereocenters. The molecule has 0 radical (unpaired) electrons. The van der Waals surface area contributed by atoms with Crippen molar-refractivity contribution in [1.29, 1.82) is 0 Å². The Balaban J connectivity index is 2.19. The van der Waals surface area contributed by atoms with Gasteiger partial charge in [0, 0.05) is 16.8 Å². The molecule has 0 spiro atoms. The summed E-state index contributed by atoms with van der Waals surface area (Å²) in [5.41, 5.74) is 2.42. The van der Waals surface area contributed by atoms with Gasteiger partial charge in [0.05, 0.1) is 11.4 Å². The van der Waals surface area contributed by atoms with Gasteiger partial charge in [-0.2, -0.15) is 0 Å². The highest BCUT2D eigenvalue weighted by Crippen LogP contribution is 2.24. The van der Waals surface area contributed by atoms with Crippen LogP contribution in [0.2, 0.25) is 5.02 Å². The van der Waals surface area contributed by atoms with Gasteiger partial charge in [-0.15, -0.1) is 0 Å². The molecule has 0 fully saturated rings. The molecule has 0 unspecified atom stereocenters. The van der Waals surface area contributed by atoms with E-state index < -0.39 is 5.91 Å². The van der Waals surface area contributed by atoms with Crippen LogP contribution in [0.5, 0.6) is 0 Å². The van der Waals surface area contributed by atoms with E-state index in [0.717, 1.165) is 5.56 Å². The van der Waals surface area contributed by atoms with Gasteiger partial charge in [0.2, 0.25) is 5.91 Å². The van der Waals surface area contributed by atoms with Crippen LogP contribution in [0.15, 0.2) is 42.5 Å². The van der Waals surface area contributed by atoms with Gasteiger partial charge in [0.25, 0.3) is 0 Å². The number of hydrogen-bond donors (Lipinski definition) is 1. The van der Waals surface area contributed by atoms with Crippen molar-refractivity contribution in [2.24, 2.45) is 0 Å². The summed E-state index contributed by atoms with van der Waals surface area (Å²) in [7, 11) is 0. The predicted octanol–water partition coefficient (Wildman–Crippen LogP) is 3.80. The summed E-state index contributed by atoms with van der Waals surface area (Å²) < 4.78 is 0. The van der Waals surface area contributed by atoms with Crippen LogP contribution in [0, 0.1) is 6.92 Å². The minimum Gasteiger partial charge on any atom is -0.326 e. The van der Waals surface area contributed by atoms with Crippen LogP contribution in [0.25, 0.3) is 0 Å². The van der Waals surface area contributed by atoms with Crippen molar-refractivity contribution in [3.8, 4) is 0 Å². The normalized spacial score (nSPS) is 10.2. The van der Waals surface area contributed by atoms with Crippen LogP contribution in [-0.4, -0.2) is 17.5 Å². The average molecular weight is 330 g/mol. The van der Waals surface area contributed by atoms with Gasteiger partial charge in [-0.3, -0.25) is 14.4 Å². The zero-order chi connectivity index (χ0) is 17.0. The molecule has 2 aromatic rings. The first-order valence-corrected chi connectivity index (χ1v) is 7.45. The second-order valence-corrected chi connectivity index (χ2v) is 5.72. The third-order valence-corrected chi connectivity index (χ3v) is 3.53. The molecule has 4 nitrogen and oxygen atoms in total. The van der Waals surface area contributed by atoms with E-state index in [1.54, 1.807) is 24.3 Å². The number of hydrogen-bond acceptors (Lipinski definition) is 3. The highest BCUT2D eigenvalue weighted by Gasteiger charge is 2.14. The summed E-state index contributed by atoms with van der Waals surface area (Å²) in [6.45, 7) is 3.29. The highest BCUT2D eigenvalue weighted by molar-refractivity contribution is 6.35. The molecule has 0 aromatic heterocycles. The fourth-order valence-corrected chi connectivity index (χ4v) is 2.34. The first-order valence-electron chi connectivity index (χ1n) is 7.07. The average Bonchev–Trinajstić information content (AvgIpc) is 2.46. The number of anilines is 1. The molecule has 5 heteroatoms. The zero-order valence-corrected chi connectivity index (χ0v) is 13.6. The van der Waals surface area contributed by atoms with E-state index in [9.17, 15) is 14.4 Å². The van der Waals surface area contributed by atoms with E-state index in [4.69, 9.17) is 11.6 Å². The van der Waals surface area contributed by atoms with Gasteiger partial charge in [-0.05, 0) is 32.0 Å². The lowest BCUT2D eigenvalue weighted by Gasteiger charge is -2.08. The Morgan fingerprint density at radius 2 is 1.70 bits per heavy atom. The Morgan fingerprint density at radius 1 is 1.04 bits per heavy atom. The number of nitrogens with one attached hydrogen (secondary N) is 1. The van der Waals surface area contributed by atoms with Crippen molar-refractivity contribution in [2.45, 2.75) is 20.3 Å². The van der Waals surface area contributed by atoms with Gasteiger partial charge in [0.1, 0.15) is 5.78 Å². The summed E-state index contributed by atoms with van der Waals surface area (Å²) >= 11 is 6.16. The van der Waals surface area contributed by atoms with Crippen molar-refractivity contribution in [1.82, 2.24) is 0 Å². The lowest BCUT2D eigenvalue weighted by atomic mass is 10.0. The quantitative estimate of drug-likeness (QED) is 0.670. The van der Waals surface area contributed by atoms with Crippen LogP contribution in [0.4, 0.5) is 5.69 Å². The number of rotatable bonds is 5. The first-order chi connectivity index (χ1) is 10.9. The van der Waals surface area contributed by atoms with E-state index in [-0.39, 0.29) is 23.0 Å². The third-order valence-electron chi connectivity index (χ3n) is 3.22. The van der Waals surface area contributed by atoms with Crippen LogP contribution in [0.3, 0.4) is 0 Å². The van der Waals surface area contributed by atoms with Crippen molar-refractivity contribution in [2.75, 3.05) is 5.32 Å². The SMILES string of the molecule is CC(=O)CC(=O)Nc1ccc(C(=O)c2ccc(C)cc2)c(Cl)c1. The van der Waals surface area contributed by atoms with Crippen molar-refractivity contribution >= 4 is 34.8 Å². The molecule has 0 aliphatic carbocycles. The van der Waals surface area contributed by atoms with Gasteiger partial charge >= 0.3 is 0 Å². The topological polar surface area (TPSA) is 63.2 Å². The molecule has 1 amide bonds. The van der Waals surface area contributed by atoms with Crippen LogP contribution in [-0.2, 0) is 9.59 Å². The Kier molecular flexibility index (Phi) is 5.29. The van der Waals surface area contributed by atoms with Gasteiger partial charge in [-0.25, -0.2) is 0 Å². The van der Waals surface area contributed by atoms with Crippen LogP contribution >= 0.6 is 11.6 Å². The molecular weight excluding hydrogens is 314 g/mol. The molecule has 2 aromatic carbocycles.